The molecule has 0 spiro atoms. The highest BCUT2D eigenvalue weighted by molar-refractivity contribution is 6.33. The highest BCUT2D eigenvalue weighted by Gasteiger charge is 2.13. The lowest BCUT2D eigenvalue weighted by Crippen LogP contribution is -2.26. The Kier molecular flexibility index (Phi) is 5.31. The molecular formula is C20H18ClN3O. The largest absolute Gasteiger partial charge is 0.339 e. The maximum absolute atomic E-state index is 12.7. The summed E-state index contributed by atoms with van der Waals surface area (Å²) >= 11 is 6.15. The van der Waals surface area contributed by atoms with E-state index in [0.717, 1.165) is 11.3 Å². The molecule has 1 heterocycles. The third-order valence-corrected chi connectivity index (χ3v) is 4.08. The molecule has 0 bridgehead atoms. The summed E-state index contributed by atoms with van der Waals surface area (Å²) in [4.78, 5) is 18.6. The molecular weight excluding hydrogens is 334 g/mol. The first kappa shape index (κ1) is 17.0. The summed E-state index contributed by atoms with van der Waals surface area (Å²) < 4.78 is 0. The van der Waals surface area contributed by atoms with Gasteiger partial charge in [0, 0.05) is 25.4 Å². The van der Waals surface area contributed by atoms with Crippen molar-refractivity contribution in [2.45, 2.75) is 6.54 Å². The monoisotopic (exact) mass is 351 g/mol. The minimum absolute atomic E-state index is 0.0616. The Morgan fingerprint density at radius 1 is 1.08 bits per heavy atom. The summed E-state index contributed by atoms with van der Waals surface area (Å²) in [6.07, 6.45) is 1.61. The van der Waals surface area contributed by atoms with Gasteiger partial charge in [0.25, 0.3) is 5.91 Å². The van der Waals surface area contributed by atoms with Gasteiger partial charge in [-0.15, -0.1) is 0 Å². The molecule has 0 atom stereocenters. The van der Waals surface area contributed by atoms with Crippen LogP contribution in [0.3, 0.4) is 0 Å². The number of nitrogens with zero attached hydrogens (tertiary/aromatic N) is 2. The summed E-state index contributed by atoms with van der Waals surface area (Å²) in [7, 11) is 1.79. The molecule has 4 nitrogen and oxygen atoms in total. The Morgan fingerprint density at radius 3 is 2.56 bits per heavy atom. The van der Waals surface area contributed by atoms with Crippen LogP contribution in [0.5, 0.6) is 0 Å². The van der Waals surface area contributed by atoms with E-state index in [2.05, 4.69) is 10.3 Å². The predicted molar refractivity (Wildman–Crippen MR) is 101 cm³/mol. The molecule has 126 valence electrons. The molecule has 1 amide bonds. The van der Waals surface area contributed by atoms with Crippen molar-refractivity contribution in [2.24, 2.45) is 0 Å². The van der Waals surface area contributed by atoms with Crippen molar-refractivity contribution >= 4 is 29.0 Å². The van der Waals surface area contributed by atoms with Gasteiger partial charge < -0.3 is 10.2 Å². The van der Waals surface area contributed by atoms with E-state index in [4.69, 9.17) is 11.6 Å². The fourth-order valence-electron chi connectivity index (χ4n) is 2.48. The van der Waals surface area contributed by atoms with E-state index in [1.54, 1.807) is 36.3 Å². The SMILES string of the molecule is CN(Cc1ccccc1)C(=O)c1ccnc(Nc2ccccc2Cl)c1. The first-order valence-electron chi connectivity index (χ1n) is 7.90. The molecule has 0 aliphatic rings. The van der Waals surface area contributed by atoms with Crippen LogP contribution in [0.15, 0.2) is 72.9 Å². The van der Waals surface area contributed by atoms with Crippen LogP contribution in [0, 0.1) is 0 Å². The van der Waals surface area contributed by atoms with Crippen molar-refractivity contribution < 1.29 is 4.79 Å². The van der Waals surface area contributed by atoms with Gasteiger partial charge >= 0.3 is 0 Å². The lowest BCUT2D eigenvalue weighted by atomic mass is 10.2. The van der Waals surface area contributed by atoms with Crippen molar-refractivity contribution in [2.75, 3.05) is 12.4 Å². The summed E-state index contributed by atoms with van der Waals surface area (Å²) in [6.45, 7) is 0.551. The summed E-state index contributed by atoms with van der Waals surface area (Å²) in [5.41, 5.74) is 2.41. The lowest BCUT2D eigenvalue weighted by Gasteiger charge is -2.18. The number of para-hydroxylation sites is 1. The average Bonchev–Trinajstić information content (AvgIpc) is 2.64. The van der Waals surface area contributed by atoms with Gasteiger partial charge in [-0.3, -0.25) is 4.79 Å². The van der Waals surface area contributed by atoms with E-state index >= 15 is 0 Å². The maximum atomic E-state index is 12.7. The number of rotatable bonds is 5. The van der Waals surface area contributed by atoms with Crippen molar-refractivity contribution in [3.8, 4) is 0 Å². The Bertz CT molecular complexity index is 868. The number of hydrogen-bond acceptors (Lipinski definition) is 3. The average molecular weight is 352 g/mol. The van der Waals surface area contributed by atoms with Crippen LogP contribution >= 0.6 is 11.6 Å². The highest BCUT2D eigenvalue weighted by atomic mass is 35.5. The molecule has 0 saturated carbocycles. The molecule has 5 heteroatoms. The van der Waals surface area contributed by atoms with E-state index in [0.29, 0.717) is 22.9 Å². The second-order valence-electron chi connectivity index (χ2n) is 5.68. The highest BCUT2D eigenvalue weighted by Crippen LogP contribution is 2.24. The second-order valence-corrected chi connectivity index (χ2v) is 6.09. The zero-order chi connectivity index (χ0) is 17.6. The minimum Gasteiger partial charge on any atom is -0.339 e. The van der Waals surface area contributed by atoms with E-state index < -0.39 is 0 Å². The molecule has 1 N–H and O–H groups in total. The van der Waals surface area contributed by atoms with Crippen molar-refractivity contribution in [3.63, 3.8) is 0 Å². The van der Waals surface area contributed by atoms with Gasteiger partial charge in [-0.05, 0) is 29.8 Å². The van der Waals surface area contributed by atoms with E-state index in [9.17, 15) is 4.79 Å². The zero-order valence-corrected chi connectivity index (χ0v) is 14.6. The third kappa shape index (κ3) is 4.37. The van der Waals surface area contributed by atoms with Crippen LogP contribution in [-0.2, 0) is 6.54 Å². The number of carbonyl (C=O) groups is 1. The number of nitrogens with one attached hydrogen (secondary N) is 1. The van der Waals surface area contributed by atoms with Gasteiger partial charge in [0.15, 0.2) is 0 Å². The summed E-state index contributed by atoms with van der Waals surface area (Å²) in [5.74, 6) is 0.514. The Balaban J connectivity index is 1.74. The van der Waals surface area contributed by atoms with Crippen LogP contribution in [0.1, 0.15) is 15.9 Å². The number of pyridine rings is 1. The fourth-order valence-corrected chi connectivity index (χ4v) is 2.66. The molecule has 0 aliphatic heterocycles. The van der Waals surface area contributed by atoms with Gasteiger partial charge in [-0.2, -0.15) is 0 Å². The summed E-state index contributed by atoms with van der Waals surface area (Å²) in [6, 6.07) is 20.7. The van der Waals surface area contributed by atoms with Crippen LogP contribution < -0.4 is 5.32 Å². The third-order valence-electron chi connectivity index (χ3n) is 3.75. The molecule has 0 aliphatic carbocycles. The first-order chi connectivity index (χ1) is 12.1. The van der Waals surface area contributed by atoms with Crippen molar-refractivity contribution in [1.82, 2.24) is 9.88 Å². The number of halogens is 1. The van der Waals surface area contributed by atoms with Gasteiger partial charge in [0.2, 0.25) is 0 Å². The lowest BCUT2D eigenvalue weighted by molar-refractivity contribution is 0.0785. The Morgan fingerprint density at radius 2 is 1.80 bits per heavy atom. The molecule has 3 aromatic rings. The van der Waals surface area contributed by atoms with Crippen molar-refractivity contribution in [1.29, 1.82) is 0 Å². The number of hydrogen-bond donors (Lipinski definition) is 1. The van der Waals surface area contributed by atoms with Gasteiger partial charge in [0.05, 0.1) is 10.7 Å². The van der Waals surface area contributed by atoms with Crippen LogP contribution in [0.4, 0.5) is 11.5 Å². The smallest absolute Gasteiger partial charge is 0.254 e. The Labute approximate surface area is 152 Å². The normalized spacial score (nSPS) is 10.3. The van der Waals surface area contributed by atoms with Crippen LogP contribution in [0.2, 0.25) is 5.02 Å². The van der Waals surface area contributed by atoms with Gasteiger partial charge in [-0.25, -0.2) is 4.98 Å². The van der Waals surface area contributed by atoms with Crippen molar-refractivity contribution in [3.05, 3.63) is 89.1 Å². The molecule has 0 fully saturated rings. The zero-order valence-electron chi connectivity index (χ0n) is 13.8. The van der Waals surface area contributed by atoms with Gasteiger partial charge in [-0.1, -0.05) is 54.1 Å². The fraction of sp³-hybridized carbons (Fsp3) is 0.100. The maximum Gasteiger partial charge on any atom is 0.254 e. The molecule has 1 aromatic heterocycles. The molecule has 0 radical (unpaired) electrons. The first-order valence-corrected chi connectivity index (χ1v) is 8.28. The summed E-state index contributed by atoms with van der Waals surface area (Å²) in [5, 5.41) is 3.74. The van der Waals surface area contributed by atoms with Crippen LogP contribution in [0.25, 0.3) is 0 Å². The van der Waals surface area contributed by atoms with E-state index in [1.165, 1.54) is 0 Å². The predicted octanol–water partition coefficient (Wildman–Crippen LogP) is 4.75. The minimum atomic E-state index is -0.0616. The standard InChI is InChI=1S/C20H18ClN3O/c1-24(14-15-7-3-2-4-8-15)20(25)16-11-12-22-19(13-16)23-18-10-6-5-9-17(18)21/h2-13H,14H2,1H3,(H,22,23). The molecule has 2 aromatic carbocycles. The molecule has 25 heavy (non-hydrogen) atoms. The topological polar surface area (TPSA) is 45.2 Å². The molecule has 0 saturated heterocycles. The van der Waals surface area contributed by atoms with Crippen LogP contribution in [-0.4, -0.2) is 22.8 Å². The van der Waals surface area contributed by atoms with E-state index in [1.807, 2.05) is 48.5 Å². The number of anilines is 2. The van der Waals surface area contributed by atoms with Gasteiger partial charge in [0.1, 0.15) is 5.82 Å². The molecule has 0 unspecified atom stereocenters. The number of benzene rings is 2. The number of carbonyl (C=O) groups excluding carboxylic acids is 1. The number of aromatic nitrogens is 1. The Hall–Kier alpha value is -2.85. The second kappa shape index (κ2) is 7.81. The van der Waals surface area contributed by atoms with E-state index in [-0.39, 0.29) is 5.91 Å². The number of amides is 1. The quantitative estimate of drug-likeness (QED) is 0.721. The molecule has 3 rings (SSSR count).